The fourth-order valence-corrected chi connectivity index (χ4v) is 4.86. The van der Waals surface area contributed by atoms with Gasteiger partial charge in [-0.05, 0) is 39.4 Å². The summed E-state index contributed by atoms with van der Waals surface area (Å²) in [5, 5.41) is 38.8. The van der Waals surface area contributed by atoms with Gasteiger partial charge < -0.3 is 62.1 Å². The smallest absolute Gasteiger partial charge is 0.394 e. The van der Waals surface area contributed by atoms with E-state index in [9.17, 15) is 15.3 Å². The van der Waals surface area contributed by atoms with Crippen molar-refractivity contribution < 1.29 is 69.3 Å². The first-order chi connectivity index (χ1) is 19.6. The van der Waals surface area contributed by atoms with Crippen LogP contribution in [0.4, 0.5) is 0 Å². The summed E-state index contributed by atoms with van der Waals surface area (Å²) in [6.07, 6.45) is -3.05. The molecule has 20 nitrogen and oxygen atoms in total. The van der Waals surface area contributed by atoms with Crippen LogP contribution < -0.4 is 27.8 Å². The number of aliphatic hydroxyl groups excluding tert-OH is 2. The van der Waals surface area contributed by atoms with Gasteiger partial charge in [0.2, 0.25) is 6.29 Å². The average Bonchev–Trinajstić information content (AvgIpc) is 2.84. The van der Waals surface area contributed by atoms with E-state index in [2.05, 4.69) is 10.6 Å². The second-order valence-corrected chi connectivity index (χ2v) is 12.0. The summed E-state index contributed by atoms with van der Waals surface area (Å²) < 4.78 is 86.7. The molecule has 43 heavy (non-hydrogen) atoms. The molecule has 22 heteroatoms. The third kappa shape index (κ3) is 13.8. The molecule has 1 saturated heterocycles. The minimum Gasteiger partial charge on any atom is -0.467 e. The molecule has 1 aliphatic carbocycles. The highest BCUT2D eigenvalue weighted by Crippen LogP contribution is 2.31. The van der Waals surface area contributed by atoms with Crippen molar-refractivity contribution in [2.75, 3.05) is 26.7 Å². The molecule has 2 fully saturated rings. The van der Waals surface area contributed by atoms with E-state index in [1.807, 2.05) is 13.0 Å². The summed E-state index contributed by atoms with van der Waals surface area (Å²) in [6, 6.07) is -1.95. The number of ether oxygens (including phenoxy) is 4. The van der Waals surface area contributed by atoms with E-state index in [1.54, 1.807) is 14.0 Å². The molecule has 1 saturated carbocycles. The zero-order chi connectivity index (χ0) is 33.3. The number of rotatable bonds is 8. The van der Waals surface area contributed by atoms with Crippen LogP contribution in [0.25, 0.3) is 0 Å². The van der Waals surface area contributed by atoms with Crippen LogP contribution in [0.3, 0.4) is 0 Å². The molecule has 11 atom stereocenters. The van der Waals surface area contributed by atoms with Gasteiger partial charge >= 0.3 is 20.8 Å². The van der Waals surface area contributed by atoms with Gasteiger partial charge in [-0.3, -0.25) is 18.2 Å². The number of nitrogens with one attached hydrogen (secondary N) is 2. The zero-order valence-electron chi connectivity index (χ0n) is 23.8. The standard InChI is InChI=1S/C21H41N5O7.2H2O4S/c1-4-26-13-7-12(24)16(32-19-11(23)6-5-10(8-22)31-19)14(27)17(13)33-20-15(28)18(25-3)21(2,29)9-30-20;2*1-5(2,3)4/h5,11-20,25-29H,4,6-9,22-24H2,1-3H3;2*(H2,1,2,3,4)/t11-,12+,13-,14+,15-,16-,17+,18-,19-,20?,21+;;/m1../s1. The predicted molar refractivity (Wildman–Crippen MR) is 148 cm³/mol. The molecule has 2 aliphatic heterocycles. The average molecular weight is 672 g/mol. The van der Waals surface area contributed by atoms with E-state index in [0.717, 1.165) is 0 Å². The molecule has 0 aromatic heterocycles. The van der Waals surface area contributed by atoms with E-state index < -0.39 is 81.5 Å². The van der Waals surface area contributed by atoms with Crippen molar-refractivity contribution in [3.63, 3.8) is 0 Å². The van der Waals surface area contributed by atoms with Gasteiger partial charge in [-0.25, -0.2) is 0 Å². The lowest BCUT2D eigenvalue weighted by atomic mass is 9.83. The number of hydrogen-bond acceptors (Lipinski definition) is 16. The Morgan fingerprint density at radius 2 is 1.53 bits per heavy atom. The van der Waals surface area contributed by atoms with Gasteiger partial charge in [0.15, 0.2) is 6.29 Å². The maximum Gasteiger partial charge on any atom is 0.394 e. The number of likely N-dealkylation sites (N-methyl/N-ethyl adjacent to an activating group) is 2. The van der Waals surface area contributed by atoms with E-state index in [1.165, 1.54) is 0 Å². The third-order valence-corrected chi connectivity index (χ3v) is 6.64. The van der Waals surface area contributed by atoms with Crippen molar-refractivity contribution in [1.29, 1.82) is 0 Å². The molecule has 15 N–H and O–H groups in total. The second-order valence-electron chi connectivity index (χ2n) is 10.2. The van der Waals surface area contributed by atoms with Crippen LogP contribution in [0.5, 0.6) is 0 Å². The maximum absolute atomic E-state index is 11.3. The lowest BCUT2D eigenvalue weighted by Gasteiger charge is -2.49. The minimum atomic E-state index is -4.67. The number of hydrogen-bond donors (Lipinski definition) is 12. The quantitative estimate of drug-likeness (QED) is 0.108. The first-order valence-electron chi connectivity index (χ1n) is 13.0. The largest absolute Gasteiger partial charge is 0.467 e. The molecule has 0 spiro atoms. The topological polar surface area (TPSA) is 349 Å². The van der Waals surface area contributed by atoms with Crippen LogP contribution in [-0.4, -0.2) is 144 Å². The summed E-state index contributed by atoms with van der Waals surface area (Å²) in [4.78, 5) is 0. The van der Waals surface area contributed by atoms with Crippen LogP contribution in [0.2, 0.25) is 0 Å². The Labute approximate surface area is 250 Å². The molecule has 0 bridgehead atoms. The van der Waals surface area contributed by atoms with E-state index >= 15 is 0 Å². The van der Waals surface area contributed by atoms with Crippen LogP contribution in [0, 0.1) is 0 Å². The molecular weight excluding hydrogens is 626 g/mol. The number of nitrogens with two attached hydrogens (primary N) is 3. The predicted octanol–water partition coefficient (Wildman–Crippen LogP) is -4.51. The Morgan fingerprint density at radius 3 is 2.02 bits per heavy atom. The van der Waals surface area contributed by atoms with E-state index in [-0.39, 0.29) is 19.2 Å². The van der Waals surface area contributed by atoms with E-state index in [4.69, 9.17) is 71.2 Å². The molecule has 0 amide bonds. The molecule has 0 radical (unpaired) electrons. The SMILES string of the molecule is CCN[C@@H]1C[C@H](N)[C@@H](O[C@H]2OC(CN)=CC[C@H]2N)[C@H](O)[C@H]1OC1OC[C@](C)(O)[C@H](NC)[C@H]1O.O=S(=O)(O)O.O=S(=O)(O)O. The summed E-state index contributed by atoms with van der Waals surface area (Å²) >= 11 is 0. The number of aliphatic hydroxyl groups is 3. The minimum absolute atomic E-state index is 0.0483. The Hall–Kier alpha value is -1.16. The summed E-state index contributed by atoms with van der Waals surface area (Å²) in [7, 11) is -7.69. The highest BCUT2D eigenvalue weighted by Gasteiger charge is 2.51. The molecule has 0 aromatic rings. The van der Waals surface area contributed by atoms with Gasteiger partial charge in [-0.1, -0.05) is 6.92 Å². The van der Waals surface area contributed by atoms with Crippen molar-refractivity contribution in [3.8, 4) is 0 Å². The monoisotopic (exact) mass is 671 g/mol. The first kappa shape index (κ1) is 39.9. The van der Waals surface area contributed by atoms with Crippen LogP contribution in [0.15, 0.2) is 11.8 Å². The van der Waals surface area contributed by atoms with Crippen LogP contribution in [0.1, 0.15) is 26.7 Å². The zero-order valence-corrected chi connectivity index (χ0v) is 25.5. The van der Waals surface area contributed by atoms with Crippen molar-refractivity contribution >= 4 is 20.8 Å². The molecule has 1 unspecified atom stereocenters. The lowest BCUT2D eigenvalue weighted by molar-refractivity contribution is -0.304. The van der Waals surface area contributed by atoms with E-state index in [0.29, 0.717) is 25.1 Å². The third-order valence-electron chi connectivity index (χ3n) is 6.64. The van der Waals surface area contributed by atoms with Crippen molar-refractivity contribution in [3.05, 3.63) is 11.8 Å². The van der Waals surface area contributed by atoms with Crippen LogP contribution in [-0.2, 0) is 39.7 Å². The summed E-state index contributed by atoms with van der Waals surface area (Å²) in [6.45, 7) is 4.30. The lowest BCUT2D eigenvalue weighted by Crippen LogP contribution is -2.69. The Kier molecular flexibility index (Phi) is 15.7. The Morgan fingerprint density at radius 1 is 1.00 bits per heavy atom. The summed E-state index contributed by atoms with van der Waals surface area (Å²) in [5.74, 6) is 0.572. The van der Waals surface area contributed by atoms with Crippen molar-refractivity contribution in [1.82, 2.24) is 10.6 Å². The van der Waals surface area contributed by atoms with Gasteiger partial charge in [0.05, 0.1) is 25.2 Å². The van der Waals surface area contributed by atoms with Gasteiger partial charge in [0.25, 0.3) is 0 Å². The Bertz CT molecular complexity index is 1050. The fraction of sp³-hybridized carbons (Fsp3) is 0.905. The molecule has 3 aliphatic rings. The first-order valence-corrected chi connectivity index (χ1v) is 15.8. The Balaban J connectivity index is 0.000000798. The highest BCUT2D eigenvalue weighted by atomic mass is 32.3. The van der Waals surface area contributed by atoms with Gasteiger partial charge in [-0.2, -0.15) is 16.8 Å². The second kappa shape index (κ2) is 17.0. The van der Waals surface area contributed by atoms with Gasteiger partial charge in [-0.15, -0.1) is 0 Å². The van der Waals surface area contributed by atoms with Gasteiger partial charge in [0.1, 0.15) is 35.8 Å². The summed E-state index contributed by atoms with van der Waals surface area (Å²) in [5.41, 5.74) is 16.9. The molecule has 256 valence electrons. The normalized spacial score (nSPS) is 38.4. The molecule has 2 heterocycles. The molecule has 3 rings (SSSR count). The fourth-order valence-electron chi connectivity index (χ4n) is 4.86. The van der Waals surface area contributed by atoms with Crippen LogP contribution >= 0.6 is 0 Å². The molecular formula is C21H45N5O15S2. The maximum atomic E-state index is 11.3. The van der Waals surface area contributed by atoms with Gasteiger partial charge in [0, 0.05) is 12.1 Å². The van der Waals surface area contributed by atoms with Crippen molar-refractivity contribution in [2.24, 2.45) is 17.2 Å². The highest BCUT2D eigenvalue weighted by molar-refractivity contribution is 7.80. The molecule has 0 aromatic carbocycles. The van der Waals surface area contributed by atoms with Crippen molar-refractivity contribution in [2.45, 2.75) is 93.5 Å².